The fraction of sp³-hybridized carbons (Fsp3) is 0.696. The van der Waals surface area contributed by atoms with Crippen LogP contribution < -0.4 is 4.74 Å². The minimum atomic E-state index is -0.327. The lowest BCUT2D eigenvalue weighted by atomic mass is 9.76. The van der Waals surface area contributed by atoms with Crippen molar-refractivity contribution in [1.82, 2.24) is 14.7 Å². The van der Waals surface area contributed by atoms with Gasteiger partial charge < -0.3 is 14.5 Å². The van der Waals surface area contributed by atoms with Crippen LogP contribution in [0.1, 0.15) is 44.1 Å². The van der Waals surface area contributed by atoms with Crippen molar-refractivity contribution in [2.24, 2.45) is 0 Å². The first-order valence-electron chi connectivity index (χ1n) is 10.8. The highest BCUT2D eigenvalue weighted by Crippen LogP contribution is 2.44. The standard InChI is InChI=1S/C23H35N3O2/c1-24-16-17-25(2)22(18-24)12-14-26(15-13-22)21(27)23(10-4-5-11-23)19-6-8-20(28-3)9-7-19/h6-9H,4-5,10-18H2,1-3H3. The van der Waals surface area contributed by atoms with E-state index >= 15 is 0 Å². The summed E-state index contributed by atoms with van der Waals surface area (Å²) in [4.78, 5) is 20.9. The molecule has 154 valence electrons. The van der Waals surface area contributed by atoms with Crippen LogP contribution in [0.5, 0.6) is 5.75 Å². The summed E-state index contributed by atoms with van der Waals surface area (Å²) in [6.45, 7) is 5.15. The van der Waals surface area contributed by atoms with Crippen LogP contribution in [-0.4, -0.2) is 80.1 Å². The Morgan fingerprint density at radius 2 is 1.57 bits per heavy atom. The third-order valence-corrected chi connectivity index (χ3v) is 7.68. The minimum absolute atomic E-state index is 0.243. The maximum Gasteiger partial charge on any atom is 0.233 e. The molecule has 0 aromatic heterocycles. The number of likely N-dealkylation sites (N-methyl/N-ethyl adjacent to an activating group) is 2. The predicted molar refractivity (Wildman–Crippen MR) is 112 cm³/mol. The average molecular weight is 386 g/mol. The van der Waals surface area contributed by atoms with Crippen LogP contribution in [0, 0.1) is 0 Å². The quantitative estimate of drug-likeness (QED) is 0.802. The first-order chi connectivity index (χ1) is 13.5. The lowest BCUT2D eigenvalue weighted by Crippen LogP contribution is -2.64. The molecular weight excluding hydrogens is 350 g/mol. The number of hydrogen-bond acceptors (Lipinski definition) is 4. The molecule has 1 spiro atoms. The molecule has 1 saturated carbocycles. The molecule has 0 bridgehead atoms. The number of rotatable bonds is 3. The van der Waals surface area contributed by atoms with Gasteiger partial charge in [-0.1, -0.05) is 25.0 Å². The van der Waals surface area contributed by atoms with E-state index in [9.17, 15) is 4.79 Å². The zero-order valence-corrected chi connectivity index (χ0v) is 17.7. The van der Waals surface area contributed by atoms with Gasteiger partial charge in [-0.2, -0.15) is 0 Å². The molecule has 3 fully saturated rings. The Hall–Kier alpha value is -1.59. The lowest BCUT2D eigenvalue weighted by Gasteiger charge is -2.53. The number of carbonyl (C=O) groups excluding carboxylic acids is 1. The second kappa shape index (κ2) is 7.68. The van der Waals surface area contributed by atoms with Crippen molar-refractivity contribution in [2.75, 3.05) is 53.9 Å². The van der Waals surface area contributed by atoms with Gasteiger partial charge >= 0.3 is 0 Å². The molecule has 2 heterocycles. The number of likely N-dealkylation sites (tertiary alicyclic amines) is 1. The average Bonchev–Trinajstić information content (AvgIpc) is 3.22. The highest BCUT2D eigenvalue weighted by Gasteiger charge is 2.48. The molecular formula is C23H35N3O2. The molecule has 0 unspecified atom stereocenters. The molecule has 3 aliphatic rings. The van der Waals surface area contributed by atoms with E-state index in [0.717, 1.165) is 77.0 Å². The third-order valence-electron chi connectivity index (χ3n) is 7.68. The Balaban J connectivity index is 1.51. The van der Waals surface area contributed by atoms with Gasteiger partial charge in [0.05, 0.1) is 12.5 Å². The second-order valence-electron chi connectivity index (χ2n) is 9.19. The van der Waals surface area contributed by atoms with Gasteiger partial charge in [-0.3, -0.25) is 9.69 Å². The minimum Gasteiger partial charge on any atom is -0.497 e. The van der Waals surface area contributed by atoms with E-state index in [4.69, 9.17) is 4.74 Å². The third kappa shape index (κ3) is 3.33. The number of nitrogens with zero attached hydrogens (tertiary/aromatic N) is 3. The number of benzene rings is 1. The van der Waals surface area contributed by atoms with Crippen LogP contribution in [0.25, 0.3) is 0 Å². The van der Waals surface area contributed by atoms with Crippen LogP contribution in [0.4, 0.5) is 0 Å². The molecule has 5 heteroatoms. The molecule has 1 aromatic carbocycles. The molecule has 28 heavy (non-hydrogen) atoms. The first kappa shape index (κ1) is 19.7. The fourth-order valence-corrected chi connectivity index (χ4v) is 5.74. The SMILES string of the molecule is COc1ccc(C2(C(=O)N3CCC4(CC3)CN(C)CCN4C)CCCC2)cc1. The molecule has 5 nitrogen and oxygen atoms in total. The van der Waals surface area contributed by atoms with E-state index in [1.54, 1.807) is 7.11 Å². The van der Waals surface area contributed by atoms with Crippen molar-refractivity contribution in [3.8, 4) is 5.75 Å². The summed E-state index contributed by atoms with van der Waals surface area (Å²) in [5.74, 6) is 1.21. The summed E-state index contributed by atoms with van der Waals surface area (Å²) in [6, 6.07) is 8.22. The highest BCUT2D eigenvalue weighted by atomic mass is 16.5. The molecule has 0 radical (unpaired) electrons. The molecule has 4 rings (SSSR count). The van der Waals surface area contributed by atoms with Crippen LogP contribution in [0.3, 0.4) is 0 Å². The van der Waals surface area contributed by atoms with Crippen LogP contribution in [-0.2, 0) is 10.2 Å². The van der Waals surface area contributed by atoms with Crippen LogP contribution in [0.2, 0.25) is 0 Å². The predicted octanol–water partition coefficient (Wildman–Crippen LogP) is 2.75. The topological polar surface area (TPSA) is 36.0 Å². The number of amides is 1. The second-order valence-corrected chi connectivity index (χ2v) is 9.19. The molecule has 0 N–H and O–H groups in total. The van der Waals surface area contributed by atoms with Gasteiger partial charge in [0.1, 0.15) is 5.75 Å². The summed E-state index contributed by atoms with van der Waals surface area (Å²) in [6.07, 6.45) is 6.40. The molecule has 2 saturated heterocycles. The van der Waals surface area contributed by atoms with Gasteiger partial charge in [-0.25, -0.2) is 0 Å². The molecule has 2 aliphatic heterocycles. The monoisotopic (exact) mass is 385 g/mol. The molecule has 1 aliphatic carbocycles. The number of piperidine rings is 1. The van der Waals surface area contributed by atoms with Gasteiger partial charge in [-0.15, -0.1) is 0 Å². The number of carbonyl (C=O) groups is 1. The van der Waals surface area contributed by atoms with Crippen molar-refractivity contribution in [3.05, 3.63) is 29.8 Å². The maximum absolute atomic E-state index is 13.8. The summed E-state index contributed by atoms with van der Waals surface area (Å²) in [5.41, 5.74) is 1.09. The number of ether oxygens (including phenoxy) is 1. The van der Waals surface area contributed by atoms with Gasteiger partial charge in [-0.05, 0) is 57.5 Å². The van der Waals surface area contributed by atoms with Crippen molar-refractivity contribution in [2.45, 2.75) is 49.5 Å². The maximum atomic E-state index is 13.8. The Labute approximate surface area is 169 Å². The normalized spacial score (nSPS) is 25.2. The fourth-order valence-electron chi connectivity index (χ4n) is 5.74. The van der Waals surface area contributed by atoms with E-state index in [1.165, 1.54) is 5.56 Å². The summed E-state index contributed by atoms with van der Waals surface area (Å²) >= 11 is 0. The Morgan fingerprint density at radius 1 is 0.929 bits per heavy atom. The molecule has 0 atom stereocenters. The zero-order chi connectivity index (χ0) is 19.8. The van der Waals surface area contributed by atoms with E-state index in [-0.39, 0.29) is 11.0 Å². The van der Waals surface area contributed by atoms with Gasteiger partial charge in [0, 0.05) is 38.3 Å². The van der Waals surface area contributed by atoms with E-state index in [0.29, 0.717) is 5.91 Å². The number of methoxy groups -OCH3 is 1. The summed E-state index contributed by atoms with van der Waals surface area (Å²) in [7, 11) is 6.18. The summed E-state index contributed by atoms with van der Waals surface area (Å²) < 4.78 is 5.32. The lowest BCUT2D eigenvalue weighted by molar-refractivity contribution is -0.141. The largest absolute Gasteiger partial charge is 0.497 e. The highest BCUT2D eigenvalue weighted by molar-refractivity contribution is 5.88. The Morgan fingerprint density at radius 3 is 2.18 bits per heavy atom. The first-order valence-corrected chi connectivity index (χ1v) is 10.8. The van der Waals surface area contributed by atoms with E-state index in [1.807, 2.05) is 12.1 Å². The van der Waals surface area contributed by atoms with E-state index in [2.05, 4.69) is 40.9 Å². The Bertz CT molecular complexity index is 688. The van der Waals surface area contributed by atoms with Crippen molar-refractivity contribution in [1.29, 1.82) is 0 Å². The molecule has 1 amide bonds. The smallest absolute Gasteiger partial charge is 0.233 e. The number of piperazine rings is 1. The van der Waals surface area contributed by atoms with Gasteiger partial charge in [0.2, 0.25) is 5.91 Å². The van der Waals surface area contributed by atoms with Crippen molar-refractivity contribution in [3.63, 3.8) is 0 Å². The van der Waals surface area contributed by atoms with E-state index < -0.39 is 0 Å². The van der Waals surface area contributed by atoms with Gasteiger partial charge in [0.15, 0.2) is 0 Å². The van der Waals surface area contributed by atoms with Crippen LogP contribution in [0.15, 0.2) is 24.3 Å². The van der Waals surface area contributed by atoms with Gasteiger partial charge in [0.25, 0.3) is 0 Å². The zero-order valence-electron chi connectivity index (χ0n) is 17.7. The van der Waals surface area contributed by atoms with Crippen molar-refractivity contribution < 1.29 is 9.53 Å². The summed E-state index contributed by atoms with van der Waals surface area (Å²) in [5, 5.41) is 0. The number of hydrogen-bond donors (Lipinski definition) is 0. The molecule has 1 aromatic rings. The Kier molecular flexibility index (Phi) is 5.41. The van der Waals surface area contributed by atoms with Crippen molar-refractivity contribution >= 4 is 5.91 Å². The van der Waals surface area contributed by atoms with Crippen LogP contribution >= 0.6 is 0 Å².